The van der Waals surface area contributed by atoms with Gasteiger partial charge in [-0.15, -0.1) is 0 Å². The Hall–Kier alpha value is -1.09. The van der Waals surface area contributed by atoms with E-state index in [4.69, 9.17) is 0 Å². The van der Waals surface area contributed by atoms with Gasteiger partial charge in [0.05, 0.1) is 0 Å². The zero-order chi connectivity index (χ0) is 13.2. The van der Waals surface area contributed by atoms with Gasteiger partial charge in [-0.25, -0.2) is 0 Å². The van der Waals surface area contributed by atoms with E-state index in [0.29, 0.717) is 11.8 Å². The minimum absolute atomic E-state index is 0.184. The molecule has 0 radical (unpaired) electrons. The first-order valence-electron chi connectivity index (χ1n) is 6.99. The molecule has 0 spiro atoms. The van der Waals surface area contributed by atoms with Crippen LogP contribution < -0.4 is 5.32 Å². The molecule has 1 amide bonds. The second-order valence-corrected chi connectivity index (χ2v) is 6.39. The summed E-state index contributed by atoms with van der Waals surface area (Å²) in [5, 5.41) is 3.03. The molecule has 2 nitrogen and oxygen atoms in total. The Morgan fingerprint density at radius 2 is 2.00 bits per heavy atom. The van der Waals surface area contributed by atoms with Crippen LogP contribution in [0.15, 0.2) is 40.9 Å². The van der Waals surface area contributed by atoms with Crippen molar-refractivity contribution < 1.29 is 4.79 Å². The van der Waals surface area contributed by atoms with Crippen molar-refractivity contribution in [3.8, 4) is 0 Å². The SMILES string of the molecule is O=C(Nc1ccc(Br)cc1)C1C2/C=C\CCCCC21. The van der Waals surface area contributed by atoms with Crippen LogP contribution in [-0.4, -0.2) is 5.91 Å². The fraction of sp³-hybridized carbons (Fsp3) is 0.438. The zero-order valence-electron chi connectivity index (χ0n) is 10.8. The number of hydrogen-bond acceptors (Lipinski definition) is 1. The molecule has 0 saturated heterocycles. The maximum Gasteiger partial charge on any atom is 0.228 e. The Kier molecular flexibility index (Phi) is 3.74. The van der Waals surface area contributed by atoms with Crippen LogP contribution in [0.4, 0.5) is 5.69 Å². The van der Waals surface area contributed by atoms with Gasteiger partial charge in [-0.1, -0.05) is 34.5 Å². The Labute approximate surface area is 122 Å². The normalized spacial score (nSPS) is 30.7. The number of hydrogen-bond donors (Lipinski definition) is 1. The van der Waals surface area contributed by atoms with E-state index in [9.17, 15) is 4.79 Å². The van der Waals surface area contributed by atoms with Crippen LogP contribution in [0.25, 0.3) is 0 Å². The molecule has 3 atom stereocenters. The average Bonchev–Trinajstić information content (AvgIpc) is 3.03. The number of rotatable bonds is 2. The van der Waals surface area contributed by atoms with Crippen LogP contribution in [0, 0.1) is 17.8 Å². The monoisotopic (exact) mass is 319 g/mol. The molecule has 0 aliphatic heterocycles. The summed E-state index contributed by atoms with van der Waals surface area (Å²) in [6.07, 6.45) is 9.41. The van der Waals surface area contributed by atoms with Crippen LogP contribution in [0.2, 0.25) is 0 Å². The van der Waals surface area contributed by atoms with Gasteiger partial charge in [0.2, 0.25) is 5.91 Å². The fourth-order valence-corrected chi connectivity index (χ4v) is 3.32. The molecule has 1 aromatic carbocycles. The quantitative estimate of drug-likeness (QED) is 0.805. The van der Waals surface area contributed by atoms with E-state index >= 15 is 0 Å². The molecule has 1 N–H and O–H groups in total. The van der Waals surface area contributed by atoms with Crippen LogP contribution in [-0.2, 0) is 4.79 Å². The lowest BCUT2D eigenvalue weighted by molar-refractivity contribution is -0.117. The number of halogens is 1. The Morgan fingerprint density at radius 3 is 2.79 bits per heavy atom. The van der Waals surface area contributed by atoms with Gasteiger partial charge in [0.1, 0.15) is 0 Å². The summed E-state index contributed by atoms with van der Waals surface area (Å²) < 4.78 is 1.03. The van der Waals surface area contributed by atoms with Gasteiger partial charge < -0.3 is 5.32 Å². The van der Waals surface area contributed by atoms with Crippen molar-refractivity contribution in [3.63, 3.8) is 0 Å². The summed E-state index contributed by atoms with van der Waals surface area (Å²) in [5.41, 5.74) is 0.886. The number of anilines is 1. The minimum Gasteiger partial charge on any atom is -0.326 e. The highest BCUT2D eigenvalue weighted by Gasteiger charge is 2.52. The highest BCUT2D eigenvalue weighted by Crippen LogP contribution is 2.51. The van der Waals surface area contributed by atoms with Crippen LogP contribution >= 0.6 is 15.9 Å². The molecule has 3 rings (SSSR count). The molecule has 0 bridgehead atoms. The van der Waals surface area contributed by atoms with Gasteiger partial charge in [0, 0.05) is 16.1 Å². The predicted molar refractivity (Wildman–Crippen MR) is 80.8 cm³/mol. The van der Waals surface area contributed by atoms with Crippen molar-refractivity contribution in [2.24, 2.45) is 17.8 Å². The number of allylic oxidation sites excluding steroid dienone is 2. The van der Waals surface area contributed by atoms with E-state index in [2.05, 4.69) is 33.4 Å². The molecule has 0 heterocycles. The summed E-state index contributed by atoms with van der Waals surface area (Å²) in [5.74, 6) is 1.43. The Morgan fingerprint density at radius 1 is 1.21 bits per heavy atom. The van der Waals surface area contributed by atoms with Crippen LogP contribution in [0.5, 0.6) is 0 Å². The largest absolute Gasteiger partial charge is 0.326 e. The van der Waals surface area contributed by atoms with E-state index in [-0.39, 0.29) is 11.8 Å². The lowest BCUT2D eigenvalue weighted by Crippen LogP contribution is -2.15. The molecular formula is C16H18BrNO. The van der Waals surface area contributed by atoms with Crippen LogP contribution in [0.3, 0.4) is 0 Å². The lowest BCUT2D eigenvalue weighted by atomic mass is 10.1. The fourth-order valence-electron chi connectivity index (χ4n) is 3.06. The third-order valence-corrected chi connectivity index (χ3v) is 4.69. The third-order valence-electron chi connectivity index (χ3n) is 4.16. The van der Waals surface area contributed by atoms with E-state index in [0.717, 1.165) is 10.2 Å². The topological polar surface area (TPSA) is 29.1 Å². The van der Waals surface area contributed by atoms with E-state index < -0.39 is 0 Å². The first-order valence-corrected chi connectivity index (χ1v) is 7.78. The molecule has 100 valence electrons. The summed E-state index contributed by atoms with van der Waals surface area (Å²) in [4.78, 5) is 12.3. The second kappa shape index (κ2) is 5.49. The van der Waals surface area contributed by atoms with Crippen molar-refractivity contribution in [1.82, 2.24) is 0 Å². The number of nitrogens with one attached hydrogen (secondary N) is 1. The van der Waals surface area contributed by atoms with Crippen molar-refractivity contribution in [2.75, 3.05) is 5.32 Å². The number of carbonyl (C=O) groups excluding carboxylic acids is 1. The standard InChI is InChI=1S/C16H18BrNO/c17-11-7-9-12(10-8-11)18-16(19)15-13-5-3-1-2-4-6-14(13)15/h3,5,7-10,13-15H,1-2,4,6H2,(H,18,19)/b5-3-. The molecular weight excluding hydrogens is 302 g/mol. The zero-order valence-corrected chi connectivity index (χ0v) is 12.4. The molecule has 0 aromatic heterocycles. The summed E-state index contributed by atoms with van der Waals surface area (Å²) in [6, 6.07) is 7.77. The van der Waals surface area contributed by atoms with Gasteiger partial charge in [0.15, 0.2) is 0 Å². The van der Waals surface area contributed by atoms with Gasteiger partial charge in [0.25, 0.3) is 0 Å². The second-order valence-electron chi connectivity index (χ2n) is 5.48. The van der Waals surface area contributed by atoms with E-state index in [1.165, 1.54) is 25.7 Å². The molecule has 2 aliphatic rings. The van der Waals surface area contributed by atoms with E-state index in [1.807, 2.05) is 24.3 Å². The summed E-state index contributed by atoms with van der Waals surface area (Å²) in [6.45, 7) is 0. The van der Waals surface area contributed by atoms with Gasteiger partial charge in [-0.2, -0.15) is 0 Å². The average molecular weight is 320 g/mol. The maximum absolute atomic E-state index is 12.3. The van der Waals surface area contributed by atoms with Crippen molar-refractivity contribution in [1.29, 1.82) is 0 Å². The third kappa shape index (κ3) is 2.92. The molecule has 1 aromatic rings. The molecule has 1 saturated carbocycles. The number of carbonyl (C=O) groups is 1. The number of amides is 1. The predicted octanol–water partition coefficient (Wildman–Crippen LogP) is 4.38. The number of fused-ring (bicyclic) bond motifs is 1. The highest BCUT2D eigenvalue weighted by atomic mass is 79.9. The summed E-state index contributed by atoms with van der Waals surface area (Å²) >= 11 is 3.40. The molecule has 3 heteroatoms. The van der Waals surface area contributed by atoms with Crippen molar-refractivity contribution in [2.45, 2.75) is 25.7 Å². The number of benzene rings is 1. The Balaban J connectivity index is 1.64. The first-order chi connectivity index (χ1) is 9.25. The van der Waals surface area contributed by atoms with Crippen LogP contribution in [0.1, 0.15) is 25.7 Å². The summed E-state index contributed by atoms with van der Waals surface area (Å²) in [7, 11) is 0. The molecule has 1 fully saturated rings. The van der Waals surface area contributed by atoms with Gasteiger partial charge in [-0.3, -0.25) is 4.79 Å². The smallest absolute Gasteiger partial charge is 0.228 e. The van der Waals surface area contributed by atoms with Gasteiger partial charge >= 0.3 is 0 Å². The minimum atomic E-state index is 0.184. The van der Waals surface area contributed by atoms with Crippen molar-refractivity contribution in [3.05, 3.63) is 40.9 Å². The maximum atomic E-state index is 12.3. The Bertz CT molecular complexity index is 494. The highest BCUT2D eigenvalue weighted by molar-refractivity contribution is 9.10. The lowest BCUT2D eigenvalue weighted by Gasteiger charge is -2.04. The van der Waals surface area contributed by atoms with Gasteiger partial charge in [-0.05, 0) is 55.4 Å². The molecule has 2 aliphatic carbocycles. The first kappa shape index (κ1) is 12.9. The molecule has 19 heavy (non-hydrogen) atoms. The van der Waals surface area contributed by atoms with Crippen molar-refractivity contribution >= 4 is 27.5 Å². The molecule has 3 unspecified atom stereocenters. The van der Waals surface area contributed by atoms with E-state index in [1.54, 1.807) is 0 Å².